The molecule has 4 aromatic carbocycles. The summed E-state index contributed by atoms with van der Waals surface area (Å²) in [6.45, 7) is 0. The van der Waals surface area contributed by atoms with Crippen LogP contribution in [-0.2, 0) is 10.8 Å². The molecule has 0 fully saturated rings. The molecule has 2 aliphatic rings. The minimum Gasteiger partial charge on any atom is -0.0736 e. The number of rotatable bonds is 7. The largest absolute Gasteiger partial charge is 0.0736 e. The summed E-state index contributed by atoms with van der Waals surface area (Å²) in [7, 11) is 0. The molecule has 2 aliphatic carbocycles. The van der Waals surface area contributed by atoms with E-state index >= 15 is 0 Å². The maximum absolute atomic E-state index is 2.47. The van der Waals surface area contributed by atoms with Crippen LogP contribution in [-0.4, -0.2) is 0 Å². The van der Waals surface area contributed by atoms with Gasteiger partial charge in [0.05, 0.1) is 0 Å². The molecular formula is C38H34. The molecule has 0 aromatic heterocycles. The highest BCUT2D eigenvalue weighted by Crippen LogP contribution is 2.48. The standard InChI is InChI=1S/C38H34/c1-5-15-31(16-6-1)33-19-13-25-37(29-33,35-21-9-3-10-22-35)27-28-38(36-23-11-4-12-24-36)26-14-20-34(30-38)32-17-7-2-8-18-32/h1-26H,27-30H2. The third kappa shape index (κ3) is 4.87. The highest BCUT2D eigenvalue weighted by molar-refractivity contribution is 5.72. The minimum atomic E-state index is -0.0507. The molecule has 0 saturated heterocycles. The van der Waals surface area contributed by atoms with Crippen molar-refractivity contribution in [2.24, 2.45) is 0 Å². The number of allylic oxidation sites excluding steroid dienone is 8. The second kappa shape index (κ2) is 10.7. The van der Waals surface area contributed by atoms with Crippen LogP contribution in [0.4, 0.5) is 0 Å². The molecule has 2 unspecified atom stereocenters. The van der Waals surface area contributed by atoms with Gasteiger partial charge in [0.15, 0.2) is 0 Å². The van der Waals surface area contributed by atoms with Gasteiger partial charge < -0.3 is 0 Å². The molecule has 0 heteroatoms. The third-order valence-corrected chi connectivity index (χ3v) is 8.44. The summed E-state index contributed by atoms with van der Waals surface area (Å²) in [5.74, 6) is 0. The van der Waals surface area contributed by atoms with Crippen molar-refractivity contribution >= 4 is 11.1 Å². The Labute approximate surface area is 227 Å². The number of benzene rings is 4. The fraction of sp³-hybridized carbons (Fsp3) is 0.158. The van der Waals surface area contributed by atoms with Gasteiger partial charge in [0.1, 0.15) is 0 Å². The van der Waals surface area contributed by atoms with Crippen LogP contribution in [0.5, 0.6) is 0 Å². The highest BCUT2D eigenvalue weighted by atomic mass is 14.4. The lowest BCUT2D eigenvalue weighted by molar-refractivity contribution is 0.395. The van der Waals surface area contributed by atoms with E-state index in [1.165, 1.54) is 33.4 Å². The fourth-order valence-corrected chi connectivity index (χ4v) is 6.33. The molecule has 0 N–H and O–H groups in total. The first-order chi connectivity index (χ1) is 18.8. The van der Waals surface area contributed by atoms with E-state index in [0.29, 0.717) is 0 Å². The number of hydrogen-bond acceptors (Lipinski definition) is 0. The van der Waals surface area contributed by atoms with E-state index in [9.17, 15) is 0 Å². The van der Waals surface area contributed by atoms with Gasteiger partial charge in [-0.05, 0) is 59.1 Å². The summed E-state index contributed by atoms with van der Waals surface area (Å²) >= 11 is 0. The zero-order valence-electron chi connectivity index (χ0n) is 21.8. The molecule has 2 atom stereocenters. The highest BCUT2D eigenvalue weighted by Gasteiger charge is 2.38. The SMILES string of the molecule is C1=CC(CCC2(c3ccccc3)C=CC=C(c3ccccc3)C2)(c2ccccc2)CC(c2ccccc2)=C1. The van der Waals surface area contributed by atoms with Crippen molar-refractivity contribution in [3.63, 3.8) is 0 Å². The van der Waals surface area contributed by atoms with Crippen LogP contribution in [0.15, 0.2) is 158 Å². The molecule has 0 nitrogen and oxygen atoms in total. The van der Waals surface area contributed by atoms with E-state index < -0.39 is 0 Å². The van der Waals surface area contributed by atoms with Crippen LogP contribution in [0, 0.1) is 0 Å². The minimum absolute atomic E-state index is 0.0507. The molecule has 6 rings (SSSR count). The quantitative estimate of drug-likeness (QED) is 0.242. The summed E-state index contributed by atoms with van der Waals surface area (Å²) in [5.41, 5.74) is 8.17. The van der Waals surface area contributed by atoms with E-state index in [2.05, 4.69) is 158 Å². The van der Waals surface area contributed by atoms with Crippen molar-refractivity contribution in [3.8, 4) is 0 Å². The predicted octanol–water partition coefficient (Wildman–Crippen LogP) is 9.73. The fourth-order valence-electron chi connectivity index (χ4n) is 6.33. The molecule has 0 heterocycles. The molecular weight excluding hydrogens is 456 g/mol. The van der Waals surface area contributed by atoms with Crippen molar-refractivity contribution < 1.29 is 0 Å². The van der Waals surface area contributed by atoms with Gasteiger partial charge in [0, 0.05) is 10.8 Å². The first-order valence-corrected chi connectivity index (χ1v) is 13.8. The average Bonchev–Trinajstić information content (AvgIpc) is 3.02. The van der Waals surface area contributed by atoms with E-state index in [0.717, 1.165) is 25.7 Å². The maximum atomic E-state index is 2.47. The second-order valence-corrected chi connectivity index (χ2v) is 10.7. The molecule has 4 aromatic rings. The molecule has 38 heavy (non-hydrogen) atoms. The van der Waals surface area contributed by atoms with Gasteiger partial charge >= 0.3 is 0 Å². The third-order valence-electron chi connectivity index (χ3n) is 8.44. The van der Waals surface area contributed by atoms with Crippen LogP contribution < -0.4 is 0 Å². The van der Waals surface area contributed by atoms with Crippen molar-refractivity contribution in [2.75, 3.05) is 0 Å². The van der Waals surface area contributed by atoms with E-state index in [4.69, 9.17) is 0 Å². The van der Waals surface area contributed by atoms with Crippen LogP contribution in [0.25, 0.3) is 11.1 Å². The molecule has 0 amide bonds. The van der Waals surface area contributed by atoms with Gasteiger partial charge in [0.2, 0.25) is 0 Å². The summed E-state index contributed by atoms with van der Waals surface area (Å²) < 4.78 is 0. The summed E-state index contributed by atoms with van der Waals surface area (Å²) in [4.78, 5) is 0. The molecule has 0 bridgehead atoms. The second-order valence-electron chi connectivity index (χ2n) is 10.7. The molecule has 0 spiro atoms. The predicted molar refractivity (Wildman–Crippen MR) is 162 cm³/mol. The Kier molecular flexibility index (Phi) is 6.80. The normalized spacial score (nSPS) is 22.5. The lowest BCUT2D eigenvalue weighted by atomic mass is 9.63. The topological polar surface area (TPSA) is 0 Å². The Morgan fingerprint density at radius 2 is 0.763 bits per heavy atom. The number of hydrogen-bond donors (Lipinski definition) is 0. The Balaban J connectivity index is 1.37. The first kappa shape index (κ1) is 24.2. The molecule has 0 saturated carbocycles. The first-order valence-electron chi connectivity index (χ1n) is 13.8. The monoisotopic (exact) mass is 490 g/mol. The molecule has 0 aliphatic heterocycles. The molecule has 0 radical (unpaired) electrons. The summed E-state index contributed by atoms with van der Waals surface area (Å²) in [6, 6.07) is 44.1. The van der Waals surface area contributed by atoms with Gasteiger partial charge in [-0.3, -0.25) is 0 Å². The van der Waals surface area contributed by atoms with Gasteiger partial charge in [-0.15, -0.1) is 0 Å². The van der Waals surface area contributed by atoms with Gasteiger partial charge in [-0.1, -0.05) is 158 Å². The van der Waals surface area contributed by atoms with Crippen molar-refractivity contribution in [2.45, 2.75) is 36.5 Å². The Bertz CT molecular complexity index is 1360. The Morgan fingerprint density at radius 3 is 1.13 bits per heavy atom. The van der Waals surface area contributed by atoms with E-state index in [1.807, 2.05) is 0 Å². The van der Waals surface area contributed by atoms with Crippen molar-refractivity contribution in [1.29, 1.82) is 0 Å². The smallest absolute Gasteiger partial charge is 0.0176 e. The maximum Gasteiger partial charge on any atom is 0.0176 e. The zero-order valence-corrected chi connectivity index (χ0v) is 21.8. The van der Waals surface area contributed by atoms with Crippen LogP contribution in [0.3, 0.4) is 0 Å². The van der Waals surface area contributed by atoms with Gasteiger partial charge in [0.25, 0.3) is 0 Å². The van der Waals surface area contributed by atoms with Crippen LogP contribution in [0.2, 0.25) is 0 Å². The lowest BCUT2D eigenvalue weighted by Gasteiger charge is -2.41. The molecule has 186 valence electrons. The van der Waals surface area contributed by atoms with Crippen molar-refractivity contribution in [1.82, 2.24) is 0 Å². The van der Waals surface area contributed by atoms with Crippen LogP contribution in [0.1, 0.15) is 47.9 Å². The summed E-state index contributed by atoms with van der Waals surface area (Å²) in [6.07, 6.45) is 18.3. The van der Waals surface area contributed by atoms with Crippen molar-refractivity contribution in [3.05, 3.63) is 180 Å². The lowest BCUT2D eigenvalue weighted by Crippen LogP contribution is -2.32. The Hall–Kier alpha value is -4.16. The van der Waals surface area contributed by atoms with E-state index in [1.54, 1.807) is 0 Å². The van der Waals surface area contributed by atoms with E-state index in [-0.39, 0.29) is 10.8 Å². The average molecular weight is 491 g/mol. The Morgan fingerprint density at radius 1 is 0.421 bits per heavy atom. The van der Waals surface area contributed by atoms with Gasteiger partial charge in [-0.2, -0.15) is 0 Å². The zero-order chi connectivity index (χ0) is 25.7. The summed E-state index contributed by atoms with van der Waals surface area (Å²) in [5, 5.41) is 0. The van der Waals surface area contributed by atoms with Gasteiger partial charge in [-0.25, -0.2) is 0 Å². The van der Waals surface area contributed by atoms with Crippen LogP contribution >= 0.6 is 0 Å².